The van der Waals surface area contributed by atoms with Crippen LogP contribution in [0.2, 0.25) is 0 Å². The summed E-state index contributed by atoms with van der Waals surface area (Å²) in [6, 6.07) is 20.1. The van der Waals surface area contributed by atoms with E-state index in [9.17, 15) is 10.1 Å². The van der Waals surface area contributed by atoms with E-state index in [4.69, 9.17) is 0 Å². The summed E-state index contributed by atoms with van der Waals surface area (Å²) in [7, 11) is 4.00. The van der Waals surface area contributed by atoms with Gasteiger partial charge in [0.05, 0.1) is 12.5 Å². The molecule has 2 aromatic rings. The molecule has 1 atom stereocenters. The van der Waals surface area contributed by atoms with Crippen LogP contribution in [0, 0.1) is 11.3 Å². The number of rotatable bonds is 5. The normalized spacial score (nSPS) is 15.8. The highest BCUT2D eigenvalue weighted by atomic mass is 16.2. The van der Waals surface area contributed by atoms with Crippen LogP contribution in [-0.2, 0) is 11.2 Å². The average Bonchev–Trinajstić information content (AvgIpc) is 2.70. The van der Waals surface area contributed by atoms with Gasteiger partial charge >= 0.3 is 0 Å². The van der Waals surface area contributed by atoms with E-state index in [2.05, 4.69) is 11.0 Å². The molecule has 1 heterocycles. The van der Waals surface area contributed by atoms with Gasteiger partial charge in [-0.2, -0.15) is 5.26 Å². The number of benzene rings is 2. The first-order valence-electron chi connectivity index (χ1n) is 9.31. The number of carbonyl (C=O) groups excluding carboxylic acids is 1. The minimum atomic E-state index is -0.271. The molecule has 5 heteroatoms. The van der Waals surface area contributed by atoms with Crippen molar-refractivity contribution in [3.63, 3.8) is 0 Å². The minimum absolute atomic E-state index is 0.157. The average molecular weight is 362 g/mol. The molecule has 1 unspecified atom stereocenters. The fourth-order valence-corrected chi connectivity index (χ4v) is 3.43. The van der Waals surface area contributed by atoms with Crippen LogP contribution in [0.5, 0.6) is 0 Å². The predicted octanol–water partition coefficient (Wildman–Crippen LogP) is 2.70. The van der Waals surface area contributed by atoms with Crippen LogP contribution >= 0.6 is 0 Å². The summed E-state index contributed by atoms with van der Waals surface area (Å²) in [6.07, 6.45) is 0.439. The highest BCUT2D eigenvalue weighted by Crippen LogP contribution is 2.24. The van der Waals surface area contributed by atoms with Crippen molar-refractivity contribution in [3.8, 4) is 6.07 Å². The standard InChI is InChI=1S/C22H26N4O/c1-24(2)20-10-8-19(9-11-20)21(17-23)25-12-14-26(15-13-25)22(27)16-18-6-4-3-5-7-18/h3-11,21H,12-16H2,1-2H3. The number of nitrogens with zero attached hydrogens (tertiary/aromatic N) is 4. The fourth-order valence-electron chi connectivity index (χ4n) is 3.43. The number of amides is 1. The summed E-state index contributed by atoms with van der Waals surface area (Å²) in [5.41, 5.74) is 3.17. The Morgan fingerprint density at radius 2 is 1.67 bits per heavy atom. The molecule has 27 heavy (non-hydrogen) atoms. The Morgan fingerprint density at radius 3 is 2.22 bits per heavy atom. The second-order valence-corrected chi connectivity index (χ2v) is 7.10. The topological polar surface area (TPSA) is 50.6 Å². The van der Waals surface area contributed by atoms with Crippen molar-refractivity contribution in [2.24, 2.45) is 0 Å². The molecule has 1 aliphatic heterocycles. The van der Waals surface area contributed by atoms with Crippen LogP contribution in [0.25, 0.3) is 0 Å². The molecule has 0 aromatic heterocycles. The lowest BCUT2D eigenvalue weighted by Crippen LogP contribution is -2.49. The zero-order valence-electron chi connectivity index (χ0n) is 16.0. The maximum Gasteiger partial charge on any atom is 0.227 e. The molecule has 0 bridgehead atoms. The molecular weight excluding hydrogens is 336 g/mol. The number of hydrogen-bond donors (Lipinski definition) is 0. The highest BCUT2D eigenvalue weighted by Gasteiger charge is 2.27. The van der Waals surface area contributed by atoms with Crippen molar-refractivity contribution in [2.75, 3.05) is 45.2 Å². The maximum atomic E-state index is 12.5. The summed E-state index contributed by atoms with van der Waals surface area (Å²) in [5.74, 6) is 0.157. The molecule has 0 aliphatic carbocycles. The minimum Gasteiger partial charge on any atom is -0.378 e. The summed E-state index contributed by atoms with van der Waals surface area (Å²) >= 11 is 0. The second-order valence-electron chi connectivity index (χ2n) is 7.10. The molecule has 0 radical (unpaired) electrons. The predicted molar refractivity (Wildman–Crippen MR) is 107 cm³/mol. The van der Waals surface area contributed by atoms with Gasteiger partial charge in [-0.05, 0) is 23.3 Å². The van der Waals surface area contributed by atoms with E-state index in [0.717, 1.165) is 16.8 Å². The first-order valence-corrected chi connectivity index (χ1v) is 9.31. The Labute approximate surface area is 161 Å². The Bertz CT molecular complexity index is 787. The molecule has 0 saturated carbocycles. The van der Waals surface area contributed by atoms with Crippen LogP contribution in [0.15, 0.2) is 54.6 Å². The summed E-state index contributed by atoms with van der Waals surface area (Å²) in [4.78, 5) is 18.6. The van der Waals surface area contributed by atoms with Gasteiger partial charge < -0.3 is 9.80 Å². The van der Waals surface area contributed by atoms with Gasteiger partial charge in [-0.1, -0.05) is 42.5 Å². The number of anilines is 1. The van der Waals surface area contributed by atoms with Gasteiger partial charge in [0.2, 0.25) is 5.91 Å². The lowest BCUT2D eigenvalue weighted by atomic mass is 10.0. The molecule has 0 N–H and O–H groups in total. The largest absolute Gasteiger partial charge is 0.378 e. The van der Waals surface area contributed by atoms with Crippen molar-refractivity contribution in [3.05, 3.63) is 65.7 Å². The van der Waals surface area contributed by atoms with Gasteiger partial charge in [-0.3, -0.25) is 9.69 Å². The first kappa shape index (κ1) is 18.9. The Morgan fingerprint density at radius 1 is 1.04 bits per heavy atom. The summed E-state index contributed by atoms with van der Waals surface area (Å²) in [6.45, 7) is 2.77. The van der Waals surface area contributed by atoms with Crippen molar-refractivity contribution < 1.29 is 4.79 Å². The van der Waals surface area contributed by atoms with Gasteiger partial charge in [0.25, 0.3) is 0 Å². The monoisotopic (exact) mass is 362 g/mol. The number of nitriles is 1. The van der Waals surface area contributed by atoms with Crippen LogP contribution in [0.1, 0.15) is 17.2 Å². The maximum absolute atomic E-state index is 12.5. The number of carbonyl (C=O) groups is 1. The van der Waals surface area contributed by atoms with Crippen molar-refractivity contribution in [2.45, 2.75) is 12.5 Å². The quantitative estimate of drug-likeness (QED) is 0.821. The Balaban J connectivity index is 1.58. The molecular formula is C22H26N4O. The smallest absolute Gasteiger partial charge is 0.227 e. The molecule has 1 fully saturated rings. The van der Waals surface area contributed by atoms with Crippen molar-refractivity contribution in [1.29, 1.82) is 5.26 Å². The van der Waals surface area contributed by atoms with E-state index in [1.165, 1.54) is 0 Å². The van der Waals surface area contributed by atoms with Gasteiger partial charge in [0.1, 0.15) is 6.04 Å². The van der Waals surface area contributed by atoms with E-state index in [1.807, 2.05) is 78.5 Å². The van der Waals surface area contributed by atoms with Gasteiger partial charge in [-0.25, -0.2) is 0 Å². The molecule has 1 aliphatic rings. The highest BCUT2D eigenvalue weighted by molar-refractivity contribution is 5.78. The van der Waals surface area contributed by atoms with Gasteiger partial charge in [-0.15, -0.1) is 0 Å². The molecule has 1 saturated heterocycles. The van der Waals surface area contributed by atoms with Gasteiger partial charge in [0.15, 0.2) is 0 Å². The van der Waals surface area contributed by atoms with Crippen LogP contribution < -0.4 is 4.90 Å². The summed E-state index contributed by atoms with van der Waals surface area (Å²) < 4.78 is 0. The van der Waals surface area contributed by atoms with Crippen molar-refractivity contribution >= 4 is 11.6 Å². The lowest BCUT2D eigenvalue weighted by molar-refractivity contribution is -0.132. The van der Waals surface area contributed by atoms with E-state index in [1.54, 1.807) is 0 Å². The first-order chi connectivity index (χ1) is 13.1. The molecule has 140 valence electrons. The van der Waals surface area contributed by atoms with E-state index >= 15 is 0 Å². The molecule has 0 spiro atoms. The summed E-state index contributed by atoms with van der Waals surface area (Å²) in [5, 5.41) is 9.70. The van der Waals surface area contributed by atoms with Crippen LogP contribution in [0.4, 0.5) is 5.69 Å². The number of piperazine rings is 1. The van der Waals surface area contributed by atoms with Crippen LogP contribution in [0.3, 0.4) is 0 Å². The lowest BCUT2D eigenvalue weighted by Gasteiger charge is -2.37. The van der Waals surface area contributed by atoms with E-state index in [-0.39, 0.29) is 11.9 Å². The molecule has 5 nitrogen and oxygen atoms in total. The van der Waals surface area contributed by atoms with E-state index in [0.29, 0.717) is 32.6 Å². The zero-order valence-corrected chi connectivity index (χ0v) is 16.0. The molecule has 2 aromatic carbocycles. The third-order valence-corrected chi connectivity index (χ3v) is 5.08. The zero-order chi connectivity index (χ0) is 19.2. The molecule has 3 rings (SSSR count). The second kappa shape index (κ2) is 8.70. The Kier molecular flexibility index (Phi) is 6.10. The SMILES string of the molecule is CN(C)c1ccc(C(C#N)N2CCN(C(=O)Cc3ccccc3)CC2)cc1. The third-order valence-electron chi connectivity index (χ3n) is 5.08. The Hall–Kier alpha value is -2.84. The van der Waals surface area contributed by atoms with Gasteiger partial charge in [0, 0.05) is 46.0 Å². The van der Waals surface area contributed by atoms with E-state index < -0.39 is 0 Å². The third kappa shape index (κ3) is 4.66. The van der Waals surface area contributed by atoms with Crippen molar-refractivity contribution in [1.82, 2.24) is 9.80 Å². The fraction of sp³-hybridized carbons (Fsp3) is 0.364. The number of hydrogen-bond acceptors (Lipinski definition) is 4. The molecule has 1 amide bonds. The van der Waals surface area contributed by atoms with Crippen LogP contribution in [-0.4, -0.2) is 56.0 Å².